The number of rotatable bonds is 3. The van der Waals surface area contributed by atoms with Gasteiger partial charge in [-0.3, -0.25) is 4.79 Å². The van der Waals surface area contributed by atoms with Crippen LogP contribution in [-0.4, -0.2) is 18.4 Å². The Kier molecular flexibility index (Phi) is 3.81. The summed E-state index contributed by atoms with van der Waals surface area (Å²) in [5.74, 6) is 0.789. The van der Waals surface area contributed by atoms with Crippen LogP contribution >= 0.6 is 11.6 Å². The molecule has 0 atom stereocenters. The molecule has 0 spiro atoms. The highest BCUT2D eigenvalue weighted by molar-refractivity contribution is 6.27. The molecule has 1 aromatic carbocycles. The first-order valence-corrected chi connectivity index (χ1v) is 6.69. The Morgan fingerprint density at radius 1 is 1.50 bits per heavy atom. The Hall–Kier alpha value is -1.22. The van der Waals surface area contributed by atoms with E-state index in [4.69, 9.17) is 16.3 Å². The van der Waals surface area contributed by atoms with Crippen LogP contribution in [0.15, 0.2) is 18.2 Å². The average molecular weight is 268 g/mol. The molecule has 1 aliphatic heterocycles. The molecule has 3 nitrogen and oxygen atoms in total. The summed E-state index contributed by atoms with van der Waals surface area (Å²) in [6, 6.07) is 6.10. The van der Waals surface area contributed by atoms with Crippen molar-refractivity contribution in [2.24, 2.45) is 0 Å². The van der Waals surface area contributed by atoms with Crippen LogP contribution in [0.3, 0.4) is 0 Å². The van der Waals surface area contributed by atoms with Crippen molar-refractivity contribution in [2.45, 2.75) is 32.2 Å². The summed E-state index contributed by atoms with van der Waals surface area (Å²) in [5, 5.41) is 2.92. The number of hydrogen-bond donors (Lipinski definition) is 1. The lowest BCUT2D eigenvalue weighted by atomic mass is 9.91. The van der Waals surface area contributed by atoms with Crippen LogP contribution in [0.2, 0.25) is 0 Å². The van der Waals surface area contributed by atoms with E-state index in [0.29, 0.717) is 0 Å². The number of alkyl halides is 1. The molecule has 1 amide bonds. The Morgan fingerprint density at radius 2 is 2.28 bits per heavy atom. The maximum atomic E-state index is 11.4. The first-order chi connectivity index (χ1) is 8.53. The van der Waals surface area contributed by atoms with E-state index in [9.17, 15) is 4.79 Å². The predicted molar refractivity (Wildman–Crippen MR) is 72.1 cm³/mol. The molecular formula is C14H18ClNO2. The second-order valence-corrected chi connectivity index (χ2v) is 5.35. The van der Waals surface area contributed by atoms with E-state index in [0.717, 1.165) is 30.8 Å². The lowest BCUT2D eigenvalue weighted by molar-refractivity contribution is -0.120. The van der Waals surface area contributed by atoms with Crippen LogP contribution in [0, 0.1) is 0 Å². The summed E-state index contributed by atoms with van der Waals surface area (Å²) in [4.78, 5) is 11.4. The van der Waals surface area contributed by atoms with E-state index in [2.05, 4.69) is 11.4 Å². The molecular weight excluding hydrogens is 250 g/mol. The van der Waals surface area contributed by atoms with Crippen molar-refractivity contribution in [1.82, 2.24) is 5.32 Å². The molecule has 4 heteroatoms. The molecule has 0 aliphatic carbocycles. The van der Waals surface area contributed by atoms with Gasteiger partial charge >= 0.3 is 0 Å². The number of halogens is 1. The fourth-order valence-electron chi connectivity index (χ4n) is 2.20. The number of carbonyl (C=O) groups excluding carboxylic acids is 1. The van der Waals surface area contributed by atoms with Gasteiger partial charge in [0, 0.05) is 0 Å². The molecule has 0 radical (unpaired) electrons. The quantitative estimate of drug-likeness (QED) is 0.855. The normalized spacial score (nSPS) is 14.6. The van der Waals surface area contributed by atoms with Gasteiger partial charge in [-0.2, -0.15) is 0 Å². The number of nitrogens with one attached hydrogen (secondary N) is 1. The van der Waals surface area contributed by atoms with Crippen LogP contribution in [0.25, 0.3) is 0 Å². The fraction of sp³-hybridized carbons (Fsp3) is 0.500. The molecule has 0 saturated carbocycles. The molecule has 0 unspecified atom stereocenters. The zero-order chi connectivity index (χ0) is 13.2. The number of ether oxygens (including phenoxy) is 1. The maximum Gasteiger partial charge on any atom is 0.235 e. The van der Waals surface area contributed by atoms with Crippen LogP contribution in [0.4, 0.5) is 0 Å². The molecule has 18 heavy (non-hydrogen) atoms. The van der Waals surface area contributed by atoms with Gasteiger partial charge in [0.05, 0.1) is 12.1 Å². The first kappa shape index (κ1) is 13.2. The summed E-state index contributed by atoms with van der Waals surface area (Å²) in [7, 11) is 0. The van der Waals surface area contributed by atoms with Gasteiger partial charge < -0.3 is 10.1 Å². The molecule has 1 N–H and O–H groups in total. The zero-order valence-corrected chi connectivity index (χ0v) is 11.5. The lowest BCUT2D eigenvalue weighted by Gasteiger charge is -2.28. The molecule has 2 rings (SSSR count). The highest BCUT2D eigenvalue weighted by Gasteiger charge is 2.24. The predicted octanol–water partition coefficient (Wildman–Crippen LogP) is 2.60. The van der Waals surface area contributed by atoms with Crippen LogP contribution < -0.4 is 10.1 Å². The van der Waals surface area contributed by atoms with Crippen molar-refractivity contribution in [1.29, 1.82) is 0 Å². The number of carbonyl (C=O) groups is 1. The molecule has 0 aromatic heterocycles. The standard InChI is InChI=1S/C14H18ClNO2/c1-14(2,16-13(17)9-15)11-5-6-12-10(8-11)4-3-7-18-12/h5-6,8H,3-4,7,9H2,1-2H3,(H,16,17). The lowest BCUT2D eigenvalue weighted by Crippen LogP contribution is -2.41. The van der Waals surface area contributed by atoms with Gasteiger partial charge in [0.2, 0.25) is 5.91 Å². The van der Waals surface area contributed by atoms with E-state index in [1.165, 1.54) is 5.56 Å². The SMILES string of the molecule is CC(C)(NC(=O)CCl)c1ccc2c(c1)CCCO2. The van der Waals surface area contributed by atoms with E-state index >= 15 is 0 Å². The average Bonchev–Trinajstić information content (AvgIpc) is 2.37. The van der Waals surface area contributed by atoms with Gasteiger partial charge in [-0.05, 0) is 49.9 Å². The van der Waals surface area contributed by atoms with Gasteiger partial charge in [0.1, 0.15) is 11.6 Å². The van der Waals surface area contributed by atoms with Crippen molar-refractivity contribution in [3.8, 4) is 5.75 Å². The topological polar surface area (TPSA) is 38.3 Å². The zero-order valence-electron chi connectivity index (χ0n) is 10.8. The van der Waals surface area contributed by atoms with Gasteiger partial charge in [0.25, 0.3) is 0 Å². The molecule has 1 aliphatic rings. The smallest absolute Gasteiger partial charge is 0.235 e. The van der Waals surface area contributed by atoms with Crippen molar-refractivity contribution in [2.75, 3.05) is 12.5 Å². The molecule has 98 valence electrons. The van der Waals surface area contributed by atoms with E-state index in [-0.39, 0.29) is 11.8 Å². The van der Waals surface area contributed by atoms with Crippen molar-refractivity contribution >= 4 is 17.5 Å². The highest BCUT2D eigenvalue weighted by atomic mass is 35.5. The first-order valence-electron chi connectivity index (χ1n) is 6.16. The summed E-state index contributed by atoms with van der Waals surface area (Å²) in [6.07, 6.45) is 2.08. The number of amides is 1. The molecule has 1 aromatic rings. The minimum atomic E-state index is -0.418. The van der Waals surface area contributed by atoms with E-state index in [1.807, 2.05) is 26.0 Å². The Morgan fingerprint density at radius 3 is 3.00 bits per heavy atom. The summed E-state index contributed by atoms with van der Waals surface area (Å²) in [6.45, 7) is 4.74. The minimum absolute atomic E-state index is 0.0164. The summed E-state index contributed by atoms with van der Waals surface area (Å²) < 4.78 is 5.58. The Labute approximate surface area is 112 Å². The minimum Gasteiger partial charge on any atom is -0.493 e. The van der Waals surface area contributed by atoms with Crippen LogP contribution in [-0.2, 0) is 16.8 Å². The Balaban J connectivity index is 2.24. The van der Waals surface area contributed by atoms with Crippen molar-refractivity contribution < 1.29 is 9.53 Å². The Bertz CT molecular complexity index is 457. The van der Waals surface area contributed by atoms with Crippen LogP contribution in [0.5, 0.6) is 5.75 Å². The van der Waals surface area contributed by atoms with Gasteiger partial charge in [-0.25, -0.2) is 0 Å². The third-order valence-corrected chi connectivity index (χ3v) is 3.45. The number of aryl methyl sites for hydroxylation is 1. The number of hydrogen-bond acceptors (Lipinski definition) is 2. The van der Waals surface area contributed by atoms with Crippen molar-refractivity contribution in [3.63, 3.8) is 0 Å². The third kappa shape index (κ3) is 2.78. The maximum absolute atomic E-state index is 11.4. The van der Waals surface area contributed by atoms with Gasteiger partial charge in [0.15, 0.2) is 0 Å². The second kappa shape index (κ2) is 5.19. The number of fused-ring (bicyclic) bond motifs is 1. The monoisotopic (exact) mass is 267 g/mol. The van der Waals surface area contributed by atoms with Gasteiger partial charge in [-0.1, -0.05) is 6.07 Å². The molecule has 0 fully saturated rings. The highest BCUT2D eigenvalue weighted by Crippen LogP contribution is 2.29. The molecule has 1 heterocycles. The fourth-order valence-corrected chi connectivity index (χ4v) is 2.27. The van der Waals surface area contributed by atoms with E-state index < -0.39 is 5.54 Å². The molecule has 0 saturated heterocycles. The van der Waals surface area contributed by atoms with E-state index in [1.54, 1.807) is 0 Å². The number of benzene rings is 1. The van der Waals surface area contributed by atoms with Crippen molar-refractivity contribution in [3.05, 3.63) is 29.3 Å². The largest absolute Gasteiger partial charge is 0.493 e. The summed E-state index contributed by atoms with van der Waals surface area (Å²) >= 11 is 5.53. The second-order valence-electron chi connectivity index (χ2n) is 5.08. The third-order valence-electron chi connectivity index (χ3n) is 3.20. The van der Waals surface area contributed by atoms with Crippen LogP contribution in [0.1, 0.15) is 31.4 Å². The summed E-state index contributed by atoms with van der Waals surface area (Å²) in [5.41, 5.74) is 1.87. The molecule has 0 bridgehead atoms. The van der Waals surface area contributed by atoms with Gasteiger partial charge in [-0.15, -0.1) is 11.6 Å².